The van der Waals surface area contributed by atoms with Crippen molar-refractivity contribution in [2.45, 2.75) is 12.8 Å². The van der Waals surface area contributed by atoms with Gasteiger partial charge in [0.05, 0.1) is 18.4 Å². The summed E-state index contributed by atoms with van der Waals surface area (Å²) in [6.07, 6.45) is 3.40. The number of anilines is 1. The molecule has 0 bridgehead atoms. The lowest BCUT2D eigenvalue weighted by Gasteiger charge is -2.15. The molecule has 0 spiro atoms. The highest BCUT2D eigenvalue weighted by Gasteiger charge is 2.19. The highest BCUT2D eigenvalue weighted by molar-refractivity contribution is 5.80. The maximum absolute atomic E-state index is 11.5. The number of nitrogens with one attached hydrogen (secondary N) is 1. The Morgan fingerprint density at radius 2 is 1.92 bits per heavy atom. The first-order valence-corrected chi connectivity index (χ1v) is 8.16. The molecule has 1 aliphatic rings. The Balaban J connectivity index is 1.44. The van der Waals surface area contributed by atoms with Crippen LogP contribution in [0.5, 0.6) is 5.75 Å². The Morgan fingerprint density at radius 1 is 1.12 bits per heavy atom. The first-order chi connectivity index (χ1) is 11.8. The van der Waals surface area contributed by atoms with E-state index in [9.17, 15) is 4.79 Å². The molecule has 0 aromatic heterocycles. The third-order valence-electron chi connectivity index (χ3n) is 3.86. The fourth-order valence-electron chi connectivity index (χ4n) is 2.56. The summed E-state index contributed by atoms with van der Waals surface area (Å²) in [5.74, 6) is 1.03. The summed E-state index contributed by atoms with van der Waals surface area (Å²) in [6, 6.07) is 17.5. The van der Waals surface area contributed by atoms with Crippen molar-refractivity contribution in [1.82, 2.24) is 4.90 Å². The molecule has 5 heteroatoms. The van der Waals surface area contributed by atoms with Crippen molar-refractivity contribution in [2.75, 3.05) is 25.1 Å². The number of para-hydroxylation sites is 1. The summed E-state index contributed by atoms with van der Waals surface area (Å²) in [4.78, 5) is 13.4. The smallest absolute Gasteiger partial charge is 0.222 e. The zero-order chi connectivity index (χ0) is 16.6. The molecule has 1 heterocycles. The molecule has 0 radical (unpaired) electrons. The third-order valence-corrected chi connectivity index (χ3v) is 3.86. The van der Waals surface area contributed by atoms with E-state index < -0.39 is 0 Å². The van der Waals surface area contributed by atoms with Crippen LogP contribution in [0.2, 0.25) is 0 Å². The van der Waals surface area contributed by atoms with Crippen LogP contribution >= 0.6 is 0 Å². The van der Waals surface area contributed by atoms with Gasteiger partial charge in [-0.15, -0.1) is 0 Å². The molecule has 1 N–H and O–H groups in total. The molecule has 0 atom stereocenters. The van der Waals surface area contributed by atoms with Crippen LogP contribution in [0.3, 0.4) is 0 Å². The van der Waals surface area contributed by atoms with E-state index in [1.807, 2.05) is 59.5 Å². The van der Waals surface area contributed by atoms with Gasteiger partial charge in [-0.1, -0.05) is 18.2 Å². The fraction of sp³-hybridized carbons (Fsp3) is 0.263. The lowest BCUT2D eigenvalue weighted by molar-refractivity contribution is -0.128. The van der Waals surface area contributed by atoms with Crippen LogP contribution in [0, 0.1) is 0 Å². The van der Waals surface area contributed by atoms with Gasteiger partial charge in [-0.3, -0.25) is 10.2 Å². The SMILES string of the molecule is O=C1CCCN1CCOc1ccc(C=NNc2ccccc2)cc1. The van der Waals surface area contributed by atoms with E-state index in [4.69, 9.17) is 4.74 Å². The average molecular weight is 323 g/mol. The molecule has 1 amide bonds. The molecule has 2 aromatic carbocycles. The lowest BCUT2D eigenvalue weighted by Crippen LogP contribution is -2.29. The molecule has 0 saturated carbocycles. The number of ether oxygens (including phenoxy) is 1. The molecular weight excluding hydrogens is 302 g/mol. The second-order valence-electron chi connectivity index (χ2n) is 5.64. The zero-order valence-corrected chi connectivity index (χ0v) is 13.5. The topological polar surface area (TPSA) is 53.9 Å². The van der Waals surface area contributed by atoms with Crippen molar-refractivity contribution in [2.24, 2.45) is 5.10 Å². The molecule has 124 valence electrons. The summed E-state index contributed by atoms with van der Waals surface area (Å²) < 4.78 is 5.69. The summed E-state index contributed by atoms with van der Waals surface area (Å²) in [6.45, 7) is 2.03. The van der Waals surface area contributed by atoms with Crippen LogP contribution in [0.15, 0.2) is 59.7 Å². The van der Waals surface area contributed by atoms with E-state index in [0.717, 1.165) is 30.0 Å². The number of benzene rings is 2. The molecule has 1 saturated heterocycles. The predicted molar refractivity (Wildman–Crippen MR) is 95.4 cm³/mol. The Morgan fingerprint density at radius 3 is 2.62 bits per heavy atom. The van der Waals surface area contributed by atoms with Gasteiger partial charge < -0.3 is 9.64 Å². The molecule has 0 aliphatic carbocycles. The van der Waals surface area contributed by atoms with Crippen LogP contribution in [-0.4, -0.2) is 36.7 Å². The van der Waals surface area contributed by atoms with Crippen LogP contribution in [-0.2, 0) is 4.79 Å². The van der Waals surface area contributed by atoms with Gasteiger partial charge in [-0.2, -0.15) is 5.10 Å². The Kier molecular flexibility index (Phi) is 5.45. The van der Waals surface area contributed by atoms with Gasteiger partial charge in [-0.05, 0) is 48.4 Å². The molecule has 24 heavy (non-hydrogen) atoms. The minimum Gasteiger partial charge on any atom is -0.492 e. The fourth-order valence-corrected chi connectivity index (χ4v) is 2.56. The van der Waals surface area contributed by atoms with E-state index in [1.165, 1.54) is 0 Å². The summed E-state index contributed by atoms with van der Waals surface area (Å²) in [5, 5.41) is 4.20. The van der Waals surface area contributed by atoms with Gasteiger partial charge in [0.2, 0.25) is 5.91 Å². The highest BCUT2D eigenvalue weighted by atomic mass is 16.5. The predicted octanol–water partition coefficient (Wildman–Crippen LogP) is 3.13. The second kappa shape index (κ2) is 8.15. The largest absolute Gasteiger partial charge is 0.492 e. The van der Waals surface area contributed by atoms with Gasteiger partial charge in [0.1, 0.15) is 12.4 Å². The van der Waals surface area contributed by atoms with Crippen LogP contribution in [0.25, 0.3) is 0 Å². The number of carbonyl (C=O) groups excluding carboxylic acids is 1. The van der Waals surface area contributed by atoms with Crippen LogP contribution < -0.4 is 10.2 Å². The Hall–Kier alpha value is -2.82. The van der Waals surface area contributed by atoms with Crippen LogP contribution in [0.4, 0.5) is 5.69 Å². The minimum atomic E-state index is 0.232. The third kappa shape index (κ3) is 4.59. The van der Waals surface area contributed by atoms with Gasteiger partial charge in [0.15, 0.2) is 0 Å². The molecule has 5 nitrogen and oxygen atoms in total. The van der Waals surface area contributed by atoms with Crippen molar-refractivity contribution in [3.63, 3.8) is 0 Å². The van der Waals surface area contributed by atoms with Gasteiger partial charge >= 0.3 is 0 Å². The average Bonchev–Trinajstić information content (AvgIpc) is 3.02. The van der Waals surface area contributed by atoms with E-state index in [2.05, 4.69) is 10.5 Å². The zero-order valence-electron chi connectivity index (χ0n) is 13.5. The summed E-state index contributed by atoms with van der Waals surface area (Å²) >= 11 is 0. The normalized spacial score (nSPS) is 14.3. The number of carbonyl (C=O) groups is 1. The number of nitrogens with zero attached hydrogens (tertiary/aromatic N) is 2. The van der Waals surface area contributed by atoms with E-state index in [1.54, 1.807) is 6.21 Å². The number of likely N-dealkylation sites (tertiary alicyclic amines) is 1. The number of rotatable bonds is 7. The first kappa shape index (κ1) is 16.1. The number of hydrogen-bond acceptors (Lipinski definition) is 4. The molecule has 1 aliphatic heterocycles. The van der Waals surface area contributed by atoms with E-state index in [-0.39, 0.29) is 5.91 Å². The maximum atomic E-state index is 11.5. The van der Waals surface area contributed by atoms with Gasteiger partial charge in [-0.25, -0.2) is 0 Å². The highest BCUT2D eigenvalue weighted by Crippen LogP contribution is 2.13. The van der Waals surface area contributed by atoms with Crippen molar-refractivity contribution >= 4 is 17.8 Å². The van der Waals surface area contributed by atoms with E-state index in [0.29, 0.717) is 19.6 Å². The monoisotopic (exact) mass is 323 g/mol. The van der Waals surface area contributed by atoms with Crippen molar-refractivity contribution < 1.29 is 9.53 Å². The number of hydrogen-bond donors (Lipinski definition) is 1. The molecule has 1 fully saturated rings. The van der Waals surface area contributed by atoms with E-state index >= 15 is 0 Å². The van der Waals surface area contributed by atoms with Crippen molar-refractivity contribution in [3.05, 3.63) is 60.2 Å². The van der Waals surface area contributed by atoms with Gasteiger partial charge in [0, 0.05) is 13.0 Å². The summed E-state index contributed by atoms with van der Waals surface area (Å²) in [7, 11) is 0. The maximum Gasteiger partial charge on any atom is 0.222 e. The molecular formula is C19H21N3O2. The Labute approximate surface area is 141 Å². The molecule has 2 aromatic rings. The van der Waals surface area contributed by atoms with Gasteiger partial charge in [0.25, 0.3) is 0 Å². The summed E-state index contributed by atoms with van der Waals surface area (Å²) in [5.41, 5.74) is 4.91. The first-order valence-electron chi connectivity index (χ1n) is 8.16. The van der Waals surface area contributed by atoms with Crippen molar-refractivity contribution in [1.29, 1.82) is 0 Å². The lowest BCUT2D eigenvalue weighted by atomic mass is 10.2. The number of amides is 1. The van der Waals surface area contributed by atoms with Crippen molar-refractivity contribution in [3.8, 4) is 5.75 Å². The molecule has 3 rings (SSSR count). The standard InChI is InChI=1S/C19H21N3O2/c23-19-7-4-12-22(19)13-14-24-18-10-8-16(9-11-18)15-20-21-17-5-2-1-3-6-17/h1-3,5-6,8-11,15,21H,4,7,12-14H2. The second-order valence-corrected chi connectivity index (χ2v) is 5.64. The number of hydrazone groups is 1. The molecule has 0 unspecified atom stereocenters. The minimum absolute atomic E-state index is 0.232. The van der Waals surface area contributed by atoms with Crippen LogP contribution in [0.1, 0.15) is 18.4 Å². The Bertz CT molecular complexity index is 684. The quantitative estimate of drug-likeness (QED) is 0.629.